The molecule has 1 aliphatic rings. The molecule has 1 N–H and O–H groups in total. The zero-order valence-corrected chi connectivity index (χ0v) is 19.4. The monoisotopic (exact) mass is 468 g/mol. The van der Waals surface area contributed by atoms with Gasteiger partial charge in [-0.3, -0.25) is 9.00 Å². The van der Waals surface area contributed by atoms with Crippen molar-refractivity contribution in [3.05, 3.63) is 82.4 Å². The molecule has 3 aromatic rings. The van der Waals surface area contributed by atoms with Crippen molar-refractivity contribution >= 4 is 21.3 Å². The highest BCUT2D eigenvalue weighted by atomic mass is 32.2. The third-order valence-corrected chi connectivity index (χ3v) is 6.99. The second-order valence-corrected chi connectivity index (χ2v) is 10.6. The number of hydrogen-bond acceptors (Lipinski definition) is 6. The molecule has 174 valence electrons. The number of nitrogens with zero attached hydrogens (tertiary/aromatic N) is 2. The summed E-state index contributed by atoms with van der Waals surface area (Å²) in [7, 11) is -2.57. The highest BCUT2D eigenvalue weighted by Gasteiger charge is 2.16. The van der Waals surface area contributed by atoms with E-state index < -0.39 is 20.9 Å². The summed E-state index contributed by atoms with van der Waals surface area (Å²) >= 11 is 0. The van der Waals surface area contributed by atoms with Gasteiger partial charge in [0.1, 0.15) is 12.0 Å². The van der Waals surface area contributed by atoms with Crippen LogP contribution in [0.3, 0.4) is 0 Å². The van der Waals surface area contributed by atoms with Gasteiger partial charge in [-0.15, -0.1) is 0 Å². The number of benzene rings is 2. The van der Waals surface area contributed by atoms with Crippen LogP contribution in [-0.2, 0) is 27.5 Å². The van der Waals surface area contributed by atoms with Crippen molar-refractivity contribution in [3.63, 3.8) is 0 Å². The summed E-state index contributed by atoms with van der Waals surface area (Å²) in [4.78, 5) is 14.0. The van der Waals surface area contributed by atoms with E-state index in [0.717, 1.165) is 49.3 Å². The van der Waals surface area contributed by atoms with Gasteiger partial charge in [0.25, 0.3) is 0 Å². The van der Waals surface area contributed by atoms with Gasteiger partial charge in [0.2, 0.25) is 5.43 Å². The van der Waals surface area contributed by atoms with Crippen LogP contribution in [0, 0.1) is 0 Å². The first-order valence-electron chi connectivity index (χ1n) is 10.7. The lowest BCUT2D eigenvalue weighted by molar-refractivity contribution is 0.122. The fourth-order valence-electron chi connectivity index (χ4n) is 3.72. The lowest BCUT2D eigenvalue weighted by atomic mass is 10.0. The van der Waals surface area contributed by atoms with Crippen LogP contribution < -0.4 is 10.3 Å². The molecule has 1 saturated heterocycles. The second-order valence-electron chi connectivity index (χ2n) is 8.20. The van der Waals surface area contributed by atoms with Crippen molar-refractivity contribution in [1.29, 1.82) is 0 Å². The SMILES string of the molecule is C=S(C)(=O)N(Cc1ccc(-c2ccc(N3CCOCC3)cc2)cc1)Cc1cc(=O)c(O)co1. The minimum absolute atomic E-state index is 0.138. The van der Waals surface area contributed by atoms with Gasteiger partial charge in [0, 0.05) is 47.4 Å². The van der Waals surface area contributed by atoms with Gasteiger partial charge in [0.15, 0.2) is 5.75 Å². The molecule has 33 heavy (non-hydrogen) atoms. The Morgan fingerprint density at radius 1 is 1.03 bits per heavy atom. The van der Waals surface area contributed by atoms with Crippen LogP contribution in [0.15, 0.2) is 70.1 Å². The Bertz CT molecular complexity index is 1250. The van der Waals surface area contributed by atoms with Crippen molar-refractivity contribution in [3.8, 4) is 16.9 Å². The molecule has 1 fully saturated rings. The van der Waals surface area contributed by atoms with Crippen LogP contribution in [0.5, 0.6) is 5.75 Å². The average molecular weight is 469 g/mol. The molecule has 4 rings (SSSR count). The lowest BCUT2D eigenvalue weighted by Crippen LogP contribution is -2.36. The molecule has 2 heterocycles. The van der Waals surface area contributed by atoms with Gasteiger partial charge in [0.05, 0.1) is 19.8 Å². The highest BCUT2D eigenvalue weighted by Crippen LogP contribution is 2.25. The Kier molecular flexibility index (Phi) is 6.88. The first-order chi connectivity index (χ1) is 15.8. The lowest BCUT2D eigenvalue weighted by Gasteiger charge is -2.28. The van der Waals surface area contributed by atoms with Crippen LogP contribution in [0.25, 0.3) is 11.1 Å². The molecule has 7 nitrogen and oxygen atoms in total. The minimum atomic E-state index is -2.57. The van der Waals surface area contributed by atoms with Crippen LogP contribution in [0.4, 0.5) is 5.69 Å². The largest absolute Gasteiger partial charge is 0.502 e. The fraction of sp³-hybridized carbons (Fsp3) is 0.280. The molecule has 0 radical (unpaired) electrons. The third-order valence-electron chi connectivity index (χ3n) is 5.63. The fourth-order valence-corrected chi connectivity index (χ4v) is 4.54. The number of morpholine rings is 1. The van der Waals surface area contributed by atoms with Gasteiger partial charge in [-0.1, -0.05) is 36.4 Å². The van der Waals surface area contributed by atoms with E-state index >= 15 is 0 Å². The smallest absolute Gasteiger partial charge is 0.226 e. The van der Waals surface area contributed by atoms with Crippen LogP contribution in [0.2, 0.25) is 0 Å². The highest BCUT2D eigenvalue weighted by molar-refractivity contribution is 7.97. The Morgan fingerprint density at radius 3 is 2.21 bits per heavy atom. The quantitative estimate of drug-likeness (QED) is 0.537. The molecule has 1 aromatic heterocycles. The Labute approximate surface area is 194 Å². The summed E-state index contributed by atoms with van der Waals surface area (Å²) in [5.41, 5.74) is 3.84. The van der Waals surface area contributed by atoms with Crippen molar-refractivity contribution in [2.24, 2.45) is 0 Å². The minimum Gasteiger partial charge on any atom is -0.502 e. The van der Waals surface area contributed by atoms with Gasteiger partial charge in [-0.25, -0.2) is 4.31 Å². The first-order valence-corrected chi connectivity index (χ1v) is 12.8. The molecular weight excluding hydrogens is 440 g/mol. The number of hydrogen-bond donors (Lipinski definition) is 1. The van der Waals surface area contributed by atoms with Crippen molar-refractivity contribution in [2.75, 3.05) is 37.5 Å². The van der Waals surface area contributed by atoms with Gasteiger partial charge in [-0.05, 0) is 34.7 Å². The zero-order valence-electron chi connectivity index (χ0n) is 18.6. The Hall–Kier alpha value is -3.07. The van der Waals surface area contributed by atoms with Crippen molar-refractivity contribution in [1.82, 2.24) is 4.31 Å². The summed E-state index contributed by atoms with van der Waals surface area (Å²) in [6.45, 7) is 3.85. The molecule has 2 aromatic carbocycles. The Balaban J connectivity index is 1.46. The molecule has 8 heteroatoms. The topological polar surface area (TPSA) is 83.2 Å². The van der Waals surface area contributed by atoms with Gasteiger partial charge >= 0.3 is 0 Å². The average Bonchev–Trinajstić information content (AvgIpc) is 2.81. The Morgan fingerprint density at radius 2 is 1.64 bits per heavy atom. The third kappa shape index (κ3) is 5.84. The number of ether oxygens (including phenoxy) is 1. The molecule has 0 bridgehead atoms. The molecular formula is C25H28N2O5S. The summed E-state index contributed by atoms with van der Waals surface area (Å²) in [5, 5.41) is 9.38. The molecule has 0 spiro atoms. The van der Waals surface area contributed by atoms with E-state index in [0.29, 0.717) is 12.3 Å². The van der Waals surface area contributed by atoms with E-state index in [1.807, 2.05) is 24.3 Å². The summed E-state index contributed by atoms with van der Waals surface area (Å²) in [6, 6.07) is 17.8. The molecule has 1 atom stereocenters. The number of rotatable bonds is 7. The van der Waals surface area contributed by atoms with Gasteiger partial charge < -0.3 is 19.2 Å². The normalized spacial score (nSPS) is 16.0. The number of anilines is 1. The maximum atomic E-state index is 12.7. The molecule has 0 saturated carbocycles. The molecule has 1 aliphatic heterocycles. The van der Waals surface area contributed by atoms with E-state index in [2.05, 4.69) is 35.0 Å². The first kappa shape index (κ1) is 23.1. The summed E-state index contributed by atoms with van der Waals surface area (Å²) in [6.07, 6.45) is 2.55. The zero-order chi connectivity index (χ0) is 23.4. The van der Waals surface area contributed by atoms with E-state index in [9.17, 15) is 14.1 Å². The molecule has 1 unspecified atom stereocenters. The van der Waals surface area contributed by atoms with E-state index in [1.165, 1.54) is 11.8 Å². The number of aromatic hydroxyl groups is 1. The summed E-state index contributed by atoms with van der Waals surface area (Å²) < 4.78 is 25.1. The van der Waals surface area contributed by atoms with Crippen molar-refractivity contribution in [2.45, 2.75) is 13.1 Å². The predicted molar refractivity (Wildman–Crippen MR) is 132 cm³/mol. The second kappa shape index (κ2) is 9.82. The predicted octanol–water partition coefficient (Wildman–Crippen LogP) is 3.11. The van der Waals surface area contributed by atoms with Gasteiger partial charge in [-0.2, -0.15) is 0 Å². The van der Waals surface area contributed by atoms with E-state index in [1.54, 1.807) is 10.6 Å². The van der Waals surface area contributed by atoms with Crippen molar-refractivity contribution < 1.29 is 18.5 Å². The summed E-state index contributed by atoms with van der Waals surface area (Å²) in [5.74, 6) is 3.65. The van der Waals surface area contributed by atoms with E-state index in [-0.39, 0.29) is 6.54 Å². The molecule has 0 amide bonds. The van der Waals surface area contributed by atoms with Crippen LogP contribution in [-0.4, -0.2) is 52.1 Å². The van der Waals surface area contributed by atoms with Crippen LogP contribution in [0.1, 0.15) is 11.3 Å². The molecule has 0 aliphatic carbocycles. The maximum absolute atomic E-state index is 12.7. The standard InChI is InChI=1S/C25H28N2O5S/c1-33(2,30)27(17-23-15-24(28)25(29)18-32-23)16-19-3-5-20(6-4-19)21-7-9-22(10-8-21)26-11-13-31-14-12-26/h3-10,15,18,29H,1,11-14,16-17H2,2H3. The van der Waals surface area contributed by atoms with Crippen LogP contribution >= 0.6 is 0 Å². The maximum Gasteiger partial charge on any atom is 0.226 e. The van der Waals surface area contributed by atoms with E-state index in [4.69, 9.17) is 9.15 Å².